The molecule has 1 rings (SSSR count). The van der Waals surface area contributed by atoms with Gasteiger partial charge >= 0.3 is 0 Å². The Morgan fingerprint density at radius 1 is 1.62 bits per heavy atom. The molecule has 68 valence electrons. The van der Waals surface area contributed by atoms with Gasteiger partial charge in [0.1, 0.15) is 12.2 Å². The Labute approximate surface area is 76.1 Å². The van der Waals surface area contributed by atoms with Crippen molar-refractivity contribution in [2.75, 3.05) is 6.61 Å². The first-order valence-corrected chi connectivity index (χ1v) is 3.84. The molecule has 1 atom stereocenters. The summed E-state index contributed by atoms with van der Waals surface area (Å²) in [6, 6.07) is 1.96. The monoisotopic (exact) mass is 178 g/mol. The number of hydrogen-bond acceptors (Lipinski definition) is 4. The normalized spacial score (nSPS) is 12.2. The lowest BCUT2D eigenvalue weighted by molar-refractivity contribution is 0.0948. The first kappa shape index (κ1) is 9.65. The van der Waals surface area contributed by atoms with Crippen molar-refractivity contribution < 1.29 is 10.2 Å². The van der Waals surface area contributed by atoms with Crippen molar-refractivity contribution in [2.24, 2.45) is 0 Å². The van der Waals surface area contributed by atoms with Crippen molar-refractivity contribution in [1.29, 1.82) is 5.26 Å². The summed E-state index contributed by atoms with van der Waals surface area (Å²) >= 11 is 0. The molecule has 0 aliphatic carbocycles. The van der Waals surface area contributed by atoms with Gasteiger partial charge in [0.25, 0.3) is 0 Å². The molecule has 0 aromatic carbocycles. The number of nitriles is 1. The molecule has 1 unspecified atom stereocenters. The van der Waals surface area contributed by atoms with E-state index in [-0.39, 0.29) is 6.61 Å². The topological polar surface area (TPSA) is 77.1 Å². The molecule has 4 heteroatoms. The summed E-state index contributed by atoms with van der Waals surface area (Å²) < 4.78 is 0. The Morgan fingerprint density at radius 2 is 2.31 bits per heavy atom. The third kappa shape index (κ3) is 1.83. The van der Waals surface area contributed by atoms with Crippen molar-refractivity contribution in [3.63, 3.8) is 0 Å². The average molecular weight is 178 g/mol. The second-order valence-corrected chi connectivity index (χ2v) is 2.71. The number of aromatic nitrogens is 1. The van der Waals surface area contributed by atoms with Gasteiger partial charge in [-0.25, -0.2) is 0 Å². The predicted octanol–water partition coefficient (Wildman–Crippen LogP) is 0.287. The van der Waals surface area contributed by atoms with Crippen LogP contribution in [0, 0.1) is 18.3 Å². The predicted molar refractivity (Wildman–Crippen MR) is 45.7 cm³/mol. The first-order chi connectivity index (χ1) is 6.20. The van der Waals surface area contributed by atoms with Gasteiger partial charge in [-0.1, -0.05) is 0 Å². The highest BCUT2D eigenvalue weighted by Crippen LogP contribution is 2.18. The molecule has 13 heavy (non-hydrogen) atoms. The number of aliphatic hydroxyl groups excluding tert-OH is 2. The fourth-order valence-corrected chi connectivity index (χ4v) is 1.09. The molecular weight excluding hydrogens is 168 g/mol. The molecule has 2 N–H and O–H groups in total. The van der Waals surface area contributed by atoms with Crippen molar-refractivity contribution >= 4 is 0 Å². The summed E-state index contributed by atoms with van der Waals surface area (Å²) in [5.41, 5.74) is 1.59. The molecule has 0 bridgehead atoms. The van der Waals surface area contributed by atoms with Crippen LogP contribution >= 0.6 is 0 Å². The van der Waals surface area contributed by atoms with Crippen LogP contribution in [0.25, 0.3) is 0 Å². The lowest BCUT2D eigenvalue weighted by Gasteiger charge is -2.10. The summed E-state index contributed by atoms with van der Waals surface area (Å²) in [6.07, 6.45) is 1.93. The van der Waals surface area contributed by atoms with E-state index in [0.717, 1.165) is 0 Å². The zero-order chi connectivity index (χ0) is 9.84. The summed E-state index contributed by atoms with van der Waals surface area (Å²) in [7, 11) is 0. The van der Waals surface area contributed by atoms with Crippen LogP contribution in [0.2, 0.25) is 0 Å². The van der Waals surface area contributed by atoms with Gasteiger partial charge in [0.15, 0.2) is 0 Å². The van der Waals surface area contributed by atoms with Crippen molar-refractivity contribution in [1.82, 2.24) is 4.98 Å². The average Bonchev–Trinajstić information content (AvgIpc) is 2.17. The van der Waals surface area contributed by atoms with E-state index in [2.05, 4.69) is 4.98 Å². The lowest BCUT2D eigenvalue weighted by atomic mass is 10.0. The van der Waals surface area contributed by atoms with Crippen LogP contribution in [-0.4, -0.2) is 21.8 Å². The number of pyridine rings is 1. The minimum Gasteiger partial charge on any atom is -0.393 e. The van der Waals surface area contributed by atoms with Crippen LogP contribution in [0.15, 0.2) is 12.4 Å². The number of aliphatic hydroxyl groups is 2. The number of rotatable bonds is 2. The molecule has 0 aliphatic rings. The molecule has 0 aliphatic heterocycles. The fourth-order valence-electron chi connectivity index (χ4n) is 1.09. The second kappa shape index (κ2) is 3.99. The van der Waals surface area contributed by atoms with Crippen LogP contribution in [0.5, 0.6) is 0 Å². The van der Waals surface area contributed by atoms with E-state index in [0.29, 0.717) is 16.7 Å². The maximum atomic E-state index is 9.33. The van der Waals surface area contributed by atoms with Crippen LogP contribution in [-0.2, 0) is 0 Å². The van der Waals surface area contributed by atoms with E-state index in [1.165, 1.54) is 12.4 Å². The SMILES string of the molecule is Cc1c(C#N)cncc1C(O)CO. The maximum absolute atomic E-state index is 9.33. The number of hydrogen-bond donors (Lipinski definition) is 2. The molecular formula is C9H10N2O2. The third-order valence-electron chi connectivity index (χ3n) is 1.91. The standard InChI is InChI=1S/C9H10N2O2/c1-6-7(2-10)3-11-4-8(6)9(13)5-12/h3-4,9,12-13H,5H2,1H3. The summed E-state index contributed by atoms with van der Waals surface area (Å²) in [6.45, 7) is 1.35. The highest BCUT2D eigenvalue weighted by molar-refractivity contribution is 5.39. The van der Waals surface area contributed by atoms with Crippen LogP contribution in [0.3, 0.4) is 0 Å². The van der Waals surface area contributed by atoms with Gasteiger partial charge in [-0.05, 0) is 12.5 Å². The maximum Gasteiger partial charge on any atom is 0.104 e. The summed E-state index contributed by atoms with van der Waals surface area (Å²) in [5.74, 6) is 0. The molecule has 0 spiro atoms. The Bertz CT molecular complexity index is 344. The van der Waals surface area contributed by atoms with Crippen LogP contribution < -0.4 is 0 Å². The number of nitrogens with zero attached hydrogens (tertiary/aromatic N) is 2. The minimum absolute atomic E-state index is 0.364. The van der Waals surface area contributed by atoms with Crippen LogP contribution in [0.1, 0.15) is 22.8 Å². The van der Waals surface area contributed by atoms with Gasteiger partial charge in [0.05, 0.1) is 12.2 Å². The highest BCUT2D eigenvalue weighted by atomic mass is 16.3. The smallest absolute Gasteiger partial charge is 0.104 e. The molecule has 0 fully saturated rings. The molecule has 0 saturated heterocycles. The van der Waals surface area contributed by atoms with Crippen molar-refractivity contribution in [3.8, 4) is 6.07 Å². The Balaban J connectivity index is 3.17. The molecule has 1 aromatic heterocycles. The highest BCUT2D eigenvalue weighted by Gasteiger charge is 2.11. The molecule has 0 saturated carbocycles. The zero-order valence-corrected chi connectivity index (χ0v) is 7.23. The quantitative estimate of drug-likeness (QED) is 0.682. The van der Waals surface area contributed by atoms with Crippen molar-refractivity contribution in [2.45, 2.75) is 13.0 Å². The van der Waals surface area contributed by atoms with Gasteiger partial charge in [0, 0.05) is 18.0 Å². The zero-order valence-electron chi connectivity index (χ0n) is 7.23. The van der Waals surface area contributed by atoms with Crippen molar-refractivity contribution in [3.05, 3.63) is 29.1 Å². The van der Waals surface area contributed by atoms with Gasteiger partial charge < -0.3 is 10.2 Å². The molecule has 0 amide bonds. The van der Waals surface area contributed by atoms with Gasteiger partial charge in [-0.15, -0.1) is 0 Å². The van der Waals surface area contributed by atoms with E-state index in [9.17, 15) is 5.11 Å². The van der Waals surface area contributed by atoms with E-state index in [1.54, 1.807) is 6.92 Å². The first-order valence-electron chi connectivity index (χ1n) is 3.84. The van der Waals surface area contributed by atoms with Gasteiger partial charge in [-0.2, -0.15) is 5.26 Å². The third-order valence-corrected chi connectivity index (χ3v) is 1.91. The van der Waals surface area contributed by atoms with E-state index < -0.39 is 6.10 Å². The fraction of sp³-hybridized carbons (Fsp3) is 0.333. The van der Waals surface area contributed by atoms with E-state index in [1.807, 2.05) is 6.07 Å². The largest absolute Gasteiger partial charge is 0.393 e. The molecule has 1 aromatic rings. The van der Waals surface area contributed by atoms with Crippen LogP contribution in [0.4, 0.5) is 0 Å². The van der Waals surface area contributed by atoms with Gasteiger partial charge in [0.2, 0.25) is 0 Å². The molecule has 4 nitrogen and oxygen atoms in total. The molecule has 0 radical (unpaired) electrons. The van der Waals surface area contributed by atoms with Gasteiger partial charge in [-0.3, -0.25) is 4.98 Å². The second-order valence-electron chi connectivity index (χ2n) is 2.71. The molecule has 1 heterocycles. The lowest BCUT2D eigenvalue weighted by Crippen LogP contribution is -2.06. The Morgan fingerprint density at radius 3 is 2.85 bits per heavy atom. The van der Waals surface area contributed by atoms with E-state index in [4.69, 9.17) is 10.4 Å². The Hall–Kier alpha value is -1.44. The van der Waals surface area contributed by atoms with E-state index >= 15 is 0 Å². The Kier molecular flexibility index (Phi) is 2.96. The summed E-state index contributed by atoms with van der Waals surface area (Å²) in [4.78, 5) is 3.79. The summed E-state index contributed by atoms with van der Waals surface area (Å²) in [5, 5.41) is 26.7. The minimum atomic E-state index is -0.958.